The zero-order valence-electron chi connectivity index (χ0n) is 6.77. The summed E-state index contributed by atoms with van der Waals surface area (Å²) in [6.45, 7) is 0. The van der Waals surface area contributed by atoms with E-state index in [9.17, 15) is 0 Å². The minimum absolute atomic E-state index is 0.768. The van der Waals surface area contributed by atoms with Crippen molar-refractivity contribution in [3.63, 3.8) is 0 Å². The Balaban J connectivity index is 2.30. The number of hydrogen-bond acceptors (Lipinski definition) is 1. The maximum absolute atomic E-state index is 4.09. The molecule has 0 aromatic carbocycles. The molecule has 0 unspecified atom stereocenters. The van der Waals surface area contributed by atoms with Crippen LogP contribution in [0.3, 0.4) is 0 Å². The molecule has 0 spiro atoms. The summed E-state index contributed by atoms with van der Waals surface area (Å²) in [5.74, 6) is 0. The monoisotopic (exact) mass is 158 g/mol. The normalized spacial score (nSPS) is 17.0. The molecule has 1 saturated carbocycles. The van der Waals surface area contributed by atoms with Crippen molar-refractivity contribution in [2.75, 3.05) is 0 Å². The fraction of sp³-hybridized carbons (Fsp3) is 0.300. The third-order valence-electron chi connectivity index (χ3n) is 2.46. The van der Waals surface area contributed by atoms with Crippen LogP contribution in [0.15, 0.2) is 30.7 Å². The van der Waals surface area contributed by atoms with Gasteiger partial charge < -0.3 is 4.57 Å². The van der Waals surface area contributed by atoms with Crippen molar-refractivity contribution in [1.29, 1.82) is 0 Å². The molecule has 0 bridgehead atoms. The zero-order valence-corrected chi connectivity index (χ0v) is 6.77. The maximum atomic E-state index is 4.09. The SMILES string of the molecule is c1cc2c(ccn2C2CC2)cn1. The molecule has 0 amide bonds. The summed E-state index contributed by atoms with van der Waals surface area (Å²) in [6, 6.07) is 5.00. The van der Waals surface area contributed by atoms with Gasteiger partial charge in [0.1, 0.15) is 0 Å². The summed E-state index contributed by atoms with van der Waals surface area (Å²) in [7, 11) is 0. The van der Waals surface area contributed by atoms with E-state index in [1.54, 1.807) is 0 Å². The first kappa shape index (κ1) is 6.23. The van der Waals surface area contributed by atoms with Crippen molar-refractivity contribution in [3.8, 4) is 0 Å². The van der Waals surface area contributed by atoms with Crippen molar-refractivity contribution in [2.45, 2.75) is 18.9 Å². The topological polar surface area (TPSA) is 17.8 Å². The van der Waals surface area contributed by atoms with Crippen molar-refractivity contribution in [1.82, 2.24) is 9.55 Å². The maximum Gasteiger partial charge on any atom is 0.0513 e. The van der Waals surface area contributed by atoms with Crippen LogP contribution in [0.4, 0.5) is 0 Å². The first-order valence-corrected chi connectivity index (χ1v) is 4.36. The Kier molecular flexibility index (Phi) is 1.09. The highest BCUT2D eigenvalue weighted by atomic mass is 15.0. The van der Waals surface area contributed by atoms with Crippen molar-refractivity contribution >= 4 is 10.9 Å². The lowest BCUT2D eigenvalue weighted by atomic mass is 10.3. The van der Waals surface area contributed by atoms with Gasteiger partial charge in [-0.05, 0) is 25.0 Å². The van der Waals surface area contributed by atoms with E-state index in [0.717, 1.165) is 6.04 Å². The third kappa shape index (κ3) is 0.779. The molecule has 2 heteroatoms. The molecule has 2 heterocycles. The van der Waals surface area contributed by atoms with E-state index in [2.05, 4.69) is 27.9 Å². The lowest BCUT2D eigenvalue weighted by molar-refractivity contribution is 0.776. The second-order valence-corrected chi connectivity index (χ2v) is 3.39. The van der Waals surface area contributed by atoms with Crippen LogP contribution in [0.2, 0.25) is 0 Å². The van der Waals surface area contributed by atoms with Gasteiger partial charge in [-0.3, -0.25) is 4.98 Å². The van der Waals surface area contributed by atoms with Gasteiger partial charge in [-0.1, -0.05) is 0 Å². The molecule has 1 fully saturated rings. The summed E-state index contributed by atoms with van der Waals surface area (Å²) < 4.78 is 2.36. The number of aromatic nitrogens is 2. The molecule has 0 atom stereocenters. The van der Waals surface area contributed by atoms with E-state index < -0.39 is 0 Å². The molecule has 60 valence electrons. The summed E-state index contributed by atoms with van der Waals surface area (Å²) in [6.07, 6.45) is 8.64. The summed E-state index contributed by atoms with van der Waals surface area (Å²) in [4.78, 5) is 4.09. The average Bonchev–Trinajstić information content (AvgIpc) is 2.86. The van der Waals surface area contributed by atoms with E-state index in [4.69, 9.17) is 0 Å². The lowest BCUT2D eigenvalue weighted by Crippen LogP contribution is -1.89. The number of hydrogen-bond donors (Lipinski definition) is 0. The Morgan fingerprint density at radius 2 is 2.25 bits per heavy atom. The molecule has 3 rings (SSSR count). The van der Waals surface area contributed by atoms with Gasteiger partial charge in [-0.15, -0.1) is 0 Å². The van der Waals surface area contributed by atoms with E-state index in [1.165, 1.54) is 23.7 Å². The lowest BCUT2D eigenvalue weighted by Gasteiger charge is -2.00. The van der Waals surface area contributed by atoms with Gasteiger partial charge in [0.2, 0.25) is 0 Å². The number of rotatable bonds is 1. The zero-order chi connectivity index (χ0) is 7.97. The third-order valence-corrected chi connectivity index (χ3v) is 2.46. The quantitative estimate of drug-likeness (QED) is 0.623. The second kappa shape index (κ2) is 2.09. The van der Waals surface area contributed by atoms with Crippen LogP contribution in [0.5, 0.6) is 0 Å². The van der Waals surface area contributed by atoms with Gasteiger partial charge in [0.15, 0.2) is 0 Å². The largest absolute Gasteiger partial charge is 0.344 e. The Morgan fingerprint density at radius 3 is 3.08 bits per heavy atom. The van der Waals surface area contributed by atoms with Gasteiger partial charge in [0.05, 0.1) is 5.52 Å². The van der Waals surface area contributed by atoms with Crippen LogP contribution >= 0.6 is 0 Å². The predicted molar refractivity (Wildman–Crippen MR) is 48.0 cm³/mol. The van der Waals surface area contributed by atoms with Crippen molar-refractivity contribution in [3.05, 3.63) is 30.7 Å². The molecular formula is C10H10N2. The Bertz CT molecular complexity index is 412. The molecule has 2 nitrogen and oxygen atoms in total. The standard InChI is InChI=1S/C10H10N2/c1-2-9(1)12-6-4-8-7-11-5-3-10(8)12/h3-7,9H,1-2H2. The molecule has 2 aromatic heterocycles. The first-order valence-electron chi connectivity index (χ1n) is 4.36. The summed E-state index contributed by atoms with van der Waals surface area (Å²) in [5.41, 5.74) is 1.33. The van der Waals surface area contributed by atoms with Crippen LogP contribution in [0, 0.1) is 0 Å². The highest BCUT2D eigenvalue weighted by molar-refractivity contribution is 5.79. The van der Waals surface area contributed by atoms with Gasteiger partial charge in [0, 0.05) is 30.0 Å². The highest BCUT2D eigenvalue weighted by Gasteiger charge is 2.23. The summed E-state index contributed by atoms with van der Waals surface area (Å²) >= 11 is 0. The van der Waals surface area contributed by atoms with Crippen LogP contribution in [-0.4, -0.2) is 9.55 Å². The predicted octanol–water partition coefficient (Wildman–Crippen LogP) is 2.37. The van der Waals surface area contributed by atoms with E-state index in [-0.39, 0.29) is 0 Å². The molecule has 0 N–H and O–H groups in total. The highest BCUT2D eigenvalue weighted by Crippen LogP contribution is 2.37. The van der Waals surface area contributed by atoms with E-state index in [0.29, 0.717) is 0 Å². The van der Waals surface area contributed by atoms with Crippen LogP contribution in [-0.2, 0) is 0 Å². The van der Waals surface area contributed by atoms with Crippen LogP contribution < -0.4 is 0 Å². The van der Waals surface area contributed by atoms with Gasteiger partial charge >= 0.3 is 0 Å². The fourth-order valence-corrected chi connectivity index (χ4v) is 1.67. The van der Waals surface area contributed by atoms with Crippen LogP contribution in [0.25, 0.3) is 10.9 Å². The van der Waals surface area contributed by atoms with E-state index >= 15 is 0 Å². The van der Waals surface area contributed by atoms with Crippen molar-refractivity contribution in [2.24, 2.45) is 0 Å². The molecule has 2 aromatic rings. The van der Waals surface area contributed by atoms with Gasteiger partial charge in [-0.25, -0.2) is 0 Å². The molecular weight excluding hydrogens is 148 g/mol. The average molecular weight is 158 g/mol. The van der Waals surface area contributed by atoms with Gasteiger partial charge in [-0.2, -0.15) is 0 Å². The molecule has 12 heavy (non-hydrogen) atoms. The van der Waals surface area contributed by atoms with Gasteiger partial charge in [0.25, 0.3) is 0 Å². The Labute approximate surface area is 70.8 Å². The Hall–Kier alpha value is -1.31. The smallest absolute Gasteiger partial charge is 0.0513 e. The molecule has 0 saturated heterocycles. The first-order chi connectivity index (χ1) is 5.95. The number of nitrogens with zero attached hydrogens (tertiary/aromatic N) is 2. The minimum atomic E-state index is 0.768. The molecule has 0 aliphatic heterocycles. The molecule has 1 aliphatic rings. The fourth-order valence-electron chi connectivity index (χ4n) is 1.67. The molecule has 0 radical (unpaired) electrons. The van der Waals surface area contributed by atoms with Crippen molar-refractivity contribution < 1.29 is 0 Å². The molecule has 1 aliphatic carbocycles. The van der Waals surface area contributed by atoms with Crippen LogP contribution in [0.1, 0.15) is 18.9 Å². The number of fused-ring (bicyclic) bond motifs is 1. The Morgan fingerprint density at radius 1 is 1.33 bits per heavy atom. The minimum Gasteiger partial charge on any atom is -0.344 e. The van der Waals surface area contributed by atoms with E-state index in [1.807, 2.05) is 12.4 Å². The number of pyridine rings is 1. The second-order valence-electron chi connectivity index (χ2n) is 3.39. The summed E-state index contributed by atoms with van der Waals surface area (Å²) in [5, 5.41) is 1.25.